The number of benzene rings is 2. The number of nitrogens with zero attached hydrogens (tertiary/aromatic N) is 2. The van der Waals surface area contributed by atoms with Gasteiger partial charge in [-0.15, -0.1) is 0 Å². The van der Waals surface area contributed by atoms with Gasteiger partial charge in [-0.1, -0.05) is 17.7 Å². The van der Waals surface area contributed by atoms with E-state index in [2.05, 4.69) is 10.6 Å². The molecule has 2 N–H and O–H groups in total. The van der Waals surface area contributed by atoms with Crippen molar-refractivity contribution in [3.8, 4) is 0 Å². The van der Waals surface area contributed by atoms with Crippen molar-refractivity contribution >= 4 is 46.4 Å². The second-order valence-corrected chi connectivity index (χ2v) is 6.49. The fourth-order valence-electron chi connectivity index (χ4n) is 2.27. The molecule has 0 aliphatic heterocycles. The van der Waals surface area contributed by atoms with Crippen molar-refractivity contribution in [2.75, 3.05) is 11.9 Å². The summed E-state index contributed by atoms with van der Waals surface area (Å²) in [6.45, 7) is 0.603. The van der Waals surface area contributed by atoms with Crippen LogP contribution in [0.4, 0.5) is 17.1 Å². The Labute approximate surface area is 179 Å². The van der Waals surface area contributed by atoms with Gasteiger partial charge in [-0.25, -0.2) is 4.79 Å². The summed E-state index contributed by atoms with van der Waals surface area (Å²) in [5.41, 5.74) is -0.494. The first-order valence-electron chi connectivity index (χ1n) is 8.54. The molecular weight excluding hydrogens is 436 g/mol. The van der Waals surface area contributed by atoms with Gasteiger partial charge in [0.1, 0.15) is 6.04 Å². The van der Waals surface area contributed by atoms with Crippen molar-refractivity contribution in [3.63, 3.8) is 0 Å². The van der Waals surface area contributed by atoms with Gasteiger partial charge in [-0.3, -0.25) is 29.8 Å². The third kappa shape index (κ3) is 6.47. The molecule has 2 amide bonds. The smallest absolute Gasteiger partial charge is 0.328 e. The molecule has 0 unspecified atom stereocenters. The number of nitro groups is 2. The van der Waals surface area contributed by atoms with E-state index in [-0.39, 0.29) is 27.6 Å². The number of rotatable bonds is 8. The maximum atomic E-state index is 12.1. The molecule has 1 atom stereocenters. The predicted molar refractivity (Wildman–Crippen MR) is 108 cm³/mol. The Hall–Kier alpha value is -4.06. The molecule has 0 radical (unpaired) electrons. The van der Waals surface area contributed by atoms with Crippen LogP contribution in [0.1, 0.15) is 17.3 Å². The minimum Gasteiger partial charge on any atom is -0.454 e. The van der Waals surface area contributed by atoms with Crippen LogP contribution in [0.5, 0.6) is 0 Å². The zero-order valence-corrected chi connectivity index (χ0v) is 16.6. The van der Waals surface area contributed by atoms with Gasteiger partial charge in [0.05, 0.1) is 20.6 Å². The molecule has 0 aliphatic rings. The number of carbonyl (C=O) groups excluding carboxylic acids is 3. The number of non-ortho nitro benzene ring substituents is 2. The van der Waals surface area contributed by atoms with Gasteiger partial charge >= 0.3 is 5.97 Å². The predicted octanol–water partition coefficient (Wildman–Crippen LogP) is 2.46. The maximum Gasteiger partial charge on any atom is 0.328 e. The number of halogens is 1. The van der Waals surface area contributed by atoms with E-state index in [1.165, 1.54) is 31.2 Å². The molecule has 13 heteroatoms. The quantitative estimate of drug-likeness (QED) is 0.350. The lowest BCUT2D eigenvalue weighted by Crippen LogP contribution is -2.40. The number of esters is 1. The van der Waals surface area contributed by atoms with Crippen LogP contribution in [0.3, 0.4) is 0 Å². The molecule has 0 heterocycles. The first kappa shape index (κ1) is 23.2. The molecule has 31 heavy (non-hydrogen) atoms. The van der Waals surface area contributed by atoms with E-state index in [0.717, 1.165) is 18.2 Å². The van der Waals surface area contributed by atoms with E-state index in [9.17, 15) is 34.6 Å². The Morgan fingerprint density at radius 2 is 1.71 bits per heavy atom. The Bertz CT molecular complexity index is 1060. The summed E-state index contributed by atoms with van der Waals surface area (Å²) < 4.78 is 4.81. The molecule has 162 valence electrons. The minimum atomic E-state index is -1.15. The number of ether oxygens (including phenoxy) is 1. The second-order valence-electron chi connectivity index (χ2n) is 6.08. The highest BCUT2D eigenvalue weighted by molar-refractivity contribution is 6.34. The van der Waals surface area contributed by atoms with Crippen LogP contribution in [-0.4, -0.2) is 40.3 Å². The fourth-order valence-corrected chi connectivity index (χ4v) is 2.49. The summed E-state index contributed by atoms with van der Waals surface area (Å²) in [7, 11) is 0. The summed E-state index contributed by atoms with van der Waals surface area (Å²) in [4.78, 5) is 56.2. The molecule has 0 aromatic heterocycles. The fraction of sp³-hybridized carbons (Fsp3) is 0.167. The van der Waals surface area contributed by atoms with Gasteiger partial charge in [-0.2, -0.15) is 0 Å². The maximum absolute atomic E-state index is 12.1. The van der Waals surface area contributed by atoms with E-state index in [1.54, 1.807) is 0 Å². The Balaban J connectivity index is 1.88. The number of hydrogen-bond acceptors (Lipinski definition) is 8. The van der Waals surface area contributed by atoms with Crippen molar-refractivity contribution in [2.24, 2.45) is 0 Å². The van der Waals surface area contributed by atoms with E-state index < -0.39 is 40.3 Å². The summed E-state index contributed by atoms with van der Waals surface area (Å²) in [5, 5.41) is 26.0. The second kappa shape index (κ2) is 10.1. The van der Waals surface area contributed by atoms with Crippen LogP contribution in [-0.2, 0) is 14.3 Å². The SMILES string of the molecule is C[C@H](NC(=O)c1cccc([N+](=O)[O-])c1)C(=O)OCC(=O)Nc1ccc([N+](=O)[O-])cc1Cl. The number of nitrogens with one attached hydrogen (secondary N) is 2. The Morgan fingerprint density at radius 3 is 2.32 bits per heavy atom. The summed E-state index contributed by atoms with van der Waals surface area (Å²) >= 11 is 5.86. The van der Waals surface area contributed by atoms with Gasteiger partial charge in [0.25, 0.3) is 23.2 Å². The lowest BCUT2D eigenvalue weighted by Gasteiger charge is -2.13. The number of nitro benzene ring substituents is 2. The average molecular weight is 451 g/mol. The normalized spacial score (nSPS) is 11.2. The molecule has 0 fully saturated rings. The molecule has 0 spiro atoms. The van der Waals surface area contributed by atoms with Crippen LogP contribution in [0.2, 0.25) is 5.02 Å². The van der Waals surface area contributed by atoms with Gasteiger partial charge in [0, 0.05) is 29.8 Å². The van der Waals surface area contributed by atoms with Crippen LogP contribution in [0.15, 0.2) is 42.5 Å². The molecule has 0 aliphatic carbocycles. The van der Waals surface area contributed by atoms with E-state index in [1.807, 2.05) is 0 Å². The first-order valence-corrected chi connectivity index (χ1v) is 8.92. The number of carbonyl (C=O) groups is 3. The van der Waals surface area contributed by atoms with Crippen LogP contribution in [0, 0.1) is 20.2 Å². The number of anilines is 1. The van der Waals surface area contributed by atoms with E-state index in [0.29, 0.717) is 0 Å². The molecule has 2 aromatic carbocycles. The number of amides is 2. The molecule has 2 rings (SSSR count). The van der Waals surface area contributed by atoms with Gasteiger partial charge < -0.3 is 15.4 Å². The Kier molecular flexibility index (Phi) is 7.58. The standard InChI is InChI=1S/C18H15ClN4O8/c1-10(20-17(25)11-3-2-4-12(7-11)22(27)28)18(26)31-9-16(24)21-15-6-5-13(23(29)30)8-14(15)19/h2-8,10H,9H2,1H3,(H,20,25)(H,21,24)/t10-/m0/s1. The van der Waals surface area contributed by atoms with Crippen molar-refractivity contribution in [1.29, 1.82) is 0 Å². The molecule has 2 aromatic rings. The van der Waals surface area contributed by atoms with E-state index >= 15 is 0 Å². The zero-order chi connectivity index (χ0) is 23.1. The lowest BCUT2D eigenvalue weighted by atomic mass is 10.2. The molecule has 12 nitrogen and oxygen atoms in total. The average Bonchev–Trinajstić information content (AvgIpc) is 2.73. The Morgan fingerprint density at radius 1 is 1.06 bits per heavy atom. The van der Waals surface area contributed by atoms with Gasteiger partial charge in [0.15, 0.2) is 6.61 Å². The van der Waals surface area contributed by atoms with Gasteiger partial charge in [-0.05, 0) is 19.1 Å². The summed E-state index contributed by atoms with van der Waals surface area (Å²) in [6, 6.07) is 7.18. The number of hydrogen-bond donors (Lipinski definition) is 2. The monoisotopic (exact) mass is 450 g/mol. The molecular formula is C18H15ClN4O8. The van der Waals surface area contributed by atoms with E-state index in [4.69, 9.17) is 16.3 Å². The van der Waals surface area contributed by atoms with Crippen molar-refractivity contribution < 1.29 is 29.0 Å². The molecule has 0 bridgehead atoms. The summed E-state index contributed by atoms with van der Waals surface area (Å²) in [5.74, 6) is -2.43. The van der Waals surface area contributed by atoms with Gasteiger partial charge in [0.2, 0.25) is 0 Å². The third-order valence-corrected chi connectivity index (χ3v) is 4.12. The van der Waals surface area contributed by atoms with Crippen molar-refractivity contribution in [1.82, 2.24) is 5.32 Å². The van der Waals surface area contributed by atoms with Crippen LogP contribution in [0.25, 0.3) is 0 Å². The summed E-state index contributed by atoms with van der Waals surface area (Å²) in [6.07, 6.45) is 0. The highest BCUT2D eigenvalue weighted by atomic mass is 35.5. The zero-order valence-electron chi connectivity index (χ0n) is 15.9. The topological polar surface area (TPSA) is 171 Å². The highest BCUT2D eigenvalue weighted by Crippen LogP contribution is 2.26. The largest absolute Gasteiger partial charge is 0.454 e. The van der Waals surface area contributed by atoms with Crippen LogP contribution < -0.4 is 10.6 Å². The van der Waals surface area contributed by atoms with Crippen molar-refractivity contribution in [2.45, 2.75) is 13.0 Å². The molecule has 0 saturated carbocycles. The minimum absolute atomic E-state index is 0.0283. The first-order chi connectivity index (χ1) is 14.6. The highest BCUT2D eigenvalue weighted by Gasteiger charge is 2.20. The van der Waals surface area contributed by atoms with Crippen molar-refractivity contribution in [3.05, 3.63) is 73.3 Å². The lowest BCUT2D eigenvalue weighted by molar-refractivity contribution is -0.385. The molecule has 0 saturated heterocycles. The van der Waals surface area contributed by atoms with Crippen LogP contribution >= 0.6 is 11.6 Å². The third-order valence-electron chi connectivity index (χ3n) is 3.80.